The van der Waals surface area contributed by atoms with Gasteiger partial charge >= 0.3 is 0 Å². The summed E-state index contributed by atoms with van der Waals surface area (Å²) in [5, 5.41) is 8.93. The van der Waals surface area contributed by atoms with E-state index < -0.39 is 12.5 Å². The number of nitrogens with zero attached hydrogens (tertiary/aromatic N) is 1. The predicted octanol–water partition coefficient (Wildman–Crippen LogP) is 0.145. The van der Waals surface area contributed by atoms with Crippen LogP contribution in [0.4, 0.5) is 5.69 Å². The van der Waals surface area contributed by atoms with E-state index in [4.69, 9.17) is 10.8 Å². The lowest BCUT2D eigenvalue weighted by atomic mass is 10.1. The zero-order chi connectivity index (χ0) is 13.1. The summed E-state index contributed by atoms with van der Waals surface area (Å²) in [6.45, 7) is -0.162. The van der Waals surface area contributed by atoms with Crippen LogP contribution in [0.25, 0.3) is 0 Å². The van der Waals surface area contributed by atoms with Crippen LogP contribution in [-0.2, 0) is 16.0 Å². The number of thioether (sulfide) groups is 1. The summed E-state index contributed by atoms with van der Waals surface area (Å²) in [5.41, 5.74) is 7.02. The molecule has 0 atom stereocenters. The van der Waals surface area contributed by atoms with Crippen LogP contribution >= 0.6 is 11.8 Å². The van der Waals surface area contributed by atoms with E-state index in [0.717, 1.165) is 15.4 Å². The molecule has 0 radical (unpaired) electrons. The molecule has 0 aromatic heterocycles. The molecule has 0 spiro atoms. The van der Waals surface area contributed by atoms with Crippen molar-refractivity contribution in [2.24, 2.45) is 5.73 Å². The van der Waals surface area contributed by atoms with E-state index in [1.807, 2.05) is 12.1 Å². The Hall–Kier alpha value is -1.37. The van der Waals surface area contributed by atoms with E-state index in [1.165, 1.54) is 11.8 Å². The molecule has 1 aromatic rings. The fourth-order valence-corrected chi connectivity index (χ4v) is 2.73. The third kappa shape index (κ3) is 2.40. The maximum atomic E-state index is 11.8. The lowest BCUT2D eigenvalue weighted by Crippen LogP contribution is -2.42. The number of benzene rings is 1. The van der Waals surface area contributed by atoms with Crippen molar-refractivity contribution in [2.45, 2.75) is 11.3 Å². The molecule has 0 unspecified atom stereocenters. The minimum atomic E-state index is -0.670. The van der Waals surface area contributed by atoms with Crippen LogP contribution in [0, 0.1) is 0 Å². The Morgan fingerprint density at radius 2 is 2.28 bits per heavy atom. The summed E-state index contributed by atoms with van der Waals surface area (Å²) >= 11 is 1.40. The largest absolute Gasteiger partial charge is 0.387 e. The molecule has 0 aliphatic carbocycles. The molecular weight excluding hydrogens is 252 g/mol. The first-order valence-corrected chi connectivity index (χ1v) is 6.58. The molecule has 0 fully saturated rings. The Balaban J connectivity index is 2.43. The number of hydrogen-bond donors (Lipinski definition) is 2. The topological polar surface area (TPSA) is 83.6 Å². The number of hydrogen-bond acceptors (Lipinski definition) is 5. The van der Waals surface area contributed by atoms with Gasteiger partial charge in [-0.25, -0.2) is 4.90 Å². The maximum absolute atomic E-state index is 11.8. The number of aliphatic hydroxyl groups excluding tert-OH is 1. The second-order valence-electron chi connectivity index (χ2n) is 3.91. The highest BCUT2D eigenvalue weighted by Crippen LogP contribution is 2.36. The van der Waals surface area contributed by atoms with Gasteiger partial charge in [-0.1, -0.05) is 6.07 Å². The highest BCUT2D eigenvalue weighted by molar-refractivity contribution is 8.00. The third-order valence-corrected chi connectivity index (χ3v) is 3.73. The Labute approximate surface area is 109 Å². The Kier molecular flexibility index (Phi) is 4.00. The minimum absolute atomic E-state index is 0.217. The molecule has 3 N–H and O–H groups in total. The van der Waals surface area contributed by atoms with E-state index in [0.29, 0.717) is 18.7 Å². The van der Waals surface area contributed by atoms with E-state index in [-0.39, 0.29) is 11.7 Å². The van der Waals surface area contributed by atoms with Crippen LogP contribution in [0.15, 0.2) is 23.1 Å². The van der Waals surface area contributed by atoms with Crippen LogP contribution in [0.3, 0.4) is 0 Å². The fraction of sp³-hybridized carbons (Fsp3) is 0.333. The quantitative estimate of drug-likeness (QED) is 0.813. The molecular formula is C12H14N2O3S. The number of nitrogens with two attached hydrogens (primary N) is 1. The third-order valence-electron chi connectivity index (χ3n) is 2.68. The molecule has 0 saturated carbocycles. The van der Waals surface area contributed by atoms with Crippen LogP contribution in [0.5, 0.6) is 0 Å². The summed E-state index contributed by atoms with van der Waals surface area (Å²) in [6, 6.07) is 5.62. The van der Waals surface area contributed by atoms with Gasteiger partial charge in [0.25, 0.3) is 5.91 Å². The number of amides is 2. The lowest BCUT2D eigenvalue weighted by Gasteiger charge is -2.27. The molecule has 2 rings (SSSR count). The van der Waals surface area contributed by atoms with Crippen LogP contribution < -0.4 is 10.6 Å². The summed E-state index contributed by atoms with van der Waals surface area (Å²) in [6.07, 6.45) is 0.688. The van der Waals surface area contributed by atoms with Crippen molar-refractivity contribution in [2.75, 3.05) is 23.8 Å². The SMILES string of the molecule is NCCc1ccc2c(c1)N(C(=O)CO)C(=O)CS2. The highest BCUT2D eigenvalue weighted by atomic mass is 32.2. The van der Waals surface area contributed by atoms with E-state index >= 15 is 0 Å². The van der Waals surface area contributed by atoms with Crippen molar-refractivity contribution in [3.8, 4) is 0 Å². The Morgan fingerprint density at radius 3 is 2.94 bits per heavy atom. The second kappa shape index (κ2) is 5.51. The first kappa shape index (κ1) is 13.1. The summed E-state index contributed by atoms with van der Waals surface area (Å²) in [7, 11) is 0. The number of carbonyl (C=O) groups excluding carboxylic acids is 2. The van der Waals surface area contributed by atoms with Gasteiger partial charge in [0.15, 0.2) is 0 Å². The molecule has 0 saturated heterocycles. The molecule has 1 aromatic carbocycles. The predicted molar refractivity (Wildman–Crippen MR) is 69.5 cm³/mol. The van der Waals surface area contributed by atoms with Gasteiger partial charge in [0.2, 0.25) is 5.91 Å². The van der Waals surface area contributed by atoms with Crippen LogP contribution in [0.2, 0.25) is 0 Å². The minimum Gasteiger partial charge on any atom is -0.387 e. The zero-order valence-corrected chi connectivity index (χ0v) is 10.6. The summed E-state index contributed by atoms with van der Waals surface area (Å²) < 4.78 is 0. The number of rotatable bonds is 3. The highest BCUT2D eigenvalue weighted by Gasteiger charge is 2.29. The lowest BCUT2D eigenvalue weighted by molar-refractivity contribution is -0.127. The molecule has 1 aliphatic rings. The smallest absolute Gasteiger partial charge is 0.259 e. The average Bonchev–Trinajstić information content (AvgIpc) is 2.38. The van der Waals surface area contributed by atoms with E-state index in [2.05, 4.69) is 0 Å². The average molecular weight is 266 g/mol. The van der Waals surface area contributed by atoms with Gasteiger partial charge in [-0.3, -0.25) is 9.59 Å². The first-order chi connectivity index (χ1) is 8.67. The fourth-order valence-electron chi connectivity index (χ4n) is 1.86. The van der Waals surface area contributed by atoms with Crippen molar-refractivity contribution in [3.63, 3.8) is 0 Å². The maximum Gasteiger partial charge on any atom is 0.259 e. The van der Waals surface area contributed by atoms with Gasteiger partial charge in [0.1, 0.15) is 6.61 Å². The van der Waals surface area contributed by atoms with Crippen molar-refractivity contribution in [1.82, 2.24) is 0 Å². The monoisotopic (exact) mass is 266 g/mol. The summed E-state index contributed by atoms with van der Waals surface area (Å²) in [4.78, 5) is 25.3. The number of anilines is 1. The molecule has 6 heteroatoms. The van der Waals surface area contributed by atoms with Crippen molar-refractivity contribution in [1.29, 1.82) is 0 Å². The molecule has 5 nitrogen and oxygen atoms in total. The van der Waals surface area contributed by atoms with Gasteiger partial charge in [0, 0.05) is 4.90 Å². The number of imide groups is 1. The number of fused-ring (bicyclic) bond motifs is 1. The molecule has 1 heterocycles. The Morgan fingerprint density at radius 1 is 1.50 bits per heavy atom. The number of carbonyl (C=O) groups is 2. The van der Waals surface area contributed by atoms with Gasteiger partial charge in [0.05, 0.1) is 11.4 Å². The van der Waals surface area contributed by atoms with Crippen LogP contribution in [-0.4, -0.2) is 35.8 Å². The Bertz CT molecular complexity index is 490. The summed E-state index contributed by atoms with van der Waals surface area (Å²) in [5.74, 6) is -0.669. The molecule has 96 valence electrons. The van der Waals surface area contributed by atoms with Gasteiger partial charge < -0.3 is 10.8 Å². The zero-order valence-electron chi connectivity index (χ0n) is 9.76. The van der Waals surface area contributed by atoms with Crippen LogP contribution in [0.1, 0.15) is 5.56 Å². The molecule has 2 amide bonds. The van der Waals surface area contributed by atoms with Crippen molar-refractivity contribution in [3.05, 3.63) is 23.8 Å². The first-order valence-electron chi connectivity index (χ1n) is 5.60. The van der Waals surface area contributed by atoms with Gasteiger partial charge in [-0.2, -0.15) is 0 Å². The van der Waals surface area contributed by atoms with E-state index in [9.17, 15) is 9.59 Å². The van der Waals surface area contributed by atoms with E-state index in [1.54, 1.807) is 6.07 Å². The normalized spacial score (nSPS) is 14.6. The van der Waals surface area contributed by atoms with Gasteiger partial charge in [-0.15, -0.1) is 11.8 Å². The molecule has 0 bridgehead atoms. The van der Waals surface area contributed by atoms with Crippen molar-refractivity contribution < 1.29 is 14.7 Å². The number of aliphatic hydroxyl groups is 1. The van der Waals surface area contributed by atoms with Gasteiger partial charge in [-0.05, 0) is 30.7 Å². The van der Waals surface area contributed by atoms with Crippen molar-refractivity contribution >= 4 is 29.3 Å². The standard InChI is InChI=1S/C12H14N2O3S/c13-4-3-8-1-2-10-9(5-8)14(11(16)6-15)12(17)7-18-10/h1-2,5,15H,3-4,6-7,13H2. The molecule has 18 heavy (non-hydrogen) atoms. The molecule has 1 aliphatic heterocycles. The second-order valence-corrected chi connectivity index (χ2v) is 4.93.